The summed E-state index contributed by atoms with van der Waals surface area (Å²) >= 11 is 6.04. The Bertz CT molecular complexity index is 840. The summed E-state index contributed by atoms with van der Waals surface area (Å²) in [6, 6.07) is 9.68. The van der Waals surface area contributed by atoms with E-state index in [4.69, 9.17) is 11.6 Å². The number of benzene rings is 1. The molecule has 1 aromatic carbocycles. The van der Waals surface area contributed by atoms with E-state index >= 15 is 0 Å². The predicted molar refractivity (Wildman–Crippen MR) is 103 cm³/mol. The maximum atomic E-state index is 6.04. The molecular formula is C19H21ClN6. The van der Waals surface area contributed by atoms with Crippen molar-refractivity contribution in [3.8, 4) is 22.5 Å². The first-order chi connectivity index (χ1) is 12.8. The number of aromatic amines is 1. The molecule has 1 fully saturated rings. The van der Waals surface area contributed by atoms with Crippen molar-refractivity contribution in [3.05, 3.63) is 53.6 Å². The van der Waals surface area contributed by atoms with Crippen LogP contribution in [0.3, 0.4) is 0 Å². The topological polar surface area (TPSA) is 69.7 Å². The molecule has 0 saturated carbocycles. The Morgan fingerprint density at radius 2 is 1.88 bits per heavy atom. The fourth-order valence-electron chi connectivity index (χ4n) is 3.29. The molecular weight excluding hydrogens is 348 g/mol. The Labute approximate surface area is 157 Å². The van der Waals surface area contributed by atoms with E-state index in [-0.39, 0.29) is 0 Å². The van der Waals surface area contributed by atoms with Gasteiger partial charge in [0, 0.05) is 67.2 Å². The van der Waals surface area contributed by atoms with Crippen LogP contribution in [0.25, 0.3) is 22.5 Å². The summed E-state index contributed by atoms with van der Waals surface area (Å²) in [5.41, 5.74) is 4.95. The van der Waals surface area contributed by atoms with E-state index in [0.717, 1.165) is 67.4 Å². The zero-order chi connectivity index (χ0) is 17.8. The number of halogens is 1. The van der Waals surface area contributed by atoms with Gasteiger partial charge in [-0.05, 0) is 18.2 Å². The van der Waals surface area contributed by atoms with Gasteiger partial charge in [-0.2, -0.15) is 5.10 Å². The molecule has 0 aliphatic carbocycles. The second-order valence-electron chi connectivity index (χ2n) is 6.37. The first-order valence-electron chi connectivity index (χ1n) is 8.84. The Morgan fingerprint density at radius 3 is 2.62 bits per heavy atom. The number of hydrogen-bond acceptors (Lipinski definition) is 5. The largest absolute Gasteiger partial charge is 0.314 e. The van der Waals surface area contributed by atoms with Gasteiger partial charge in [-0.1, -0.05) is 23.7 Å². The first-order valence-corrected chi connectivity index (χ1v) is 9.22. The lowest BCUT2D eigenvalue weighted by Crippen LogP contribution is -2.44. The average molecular weight is 369 g/mol. The Balaban J connectivity index is 1.66. The van der Waals surface area contributed by atoms with Crippen molar-refractivity contribution in [2.75, 3.05) is 32.7 Å². The molecule has 1 saturated heterocycles. The molecule has 0 spiro atoms. The zero-order valence-electron chi connectivity index (χ0n) is 14.5. The molecule has 3 aromatic rings. The molecule has 26 heavy (non-hydrogen) atoms. The third-order valence-corrected chi connectivity index (χ3v) is 4.94. The second kappa shape index (κ2) is 7.95. The number of piperazine rings is 1. The lowest BCUT2D eigenvalue weighted by Gasteiger charge is -2.26. The van der Waals surface area contributed by atoms with Gasteiger partial charge in [0.05, 0.1) is 5.69 Å². The van der Waals surface area contributed by atoms with Crippen molar-refractivity contribution >= 4 is 11.6 Å². The van der Waals surface area contributed by atoms with E-state index in [1.54, 1.807) is 12.5 Å². The van der Waals surface area contributed by atoms with Crippen molar-refractivity contribution in [2.45, 2.75) is 6.42 Å². The fraction of sp³-hybridized carbons (Fsp3) is 0.316. The Morgan fingerprint density at radius 1 is 1.08 bits per heavy atom. The molecule has 1 aliphatic heterocycles. The SMILES string of the molecule is Clc1ccc(-c2n[nH]c(CCN3CCNCC3)c2-c2ccncn2)cc1. The lowest BCUT2D eigenvalue weighted by molar-refractivity contribution is 0.243. The quantitative estimate of drug-likeness (QED) is 0.724. The van der Waals surface area contributed by atoms with Crippen molar-refractivity contribution in [3.63, 3.8) is 0 Å². The number of nitrogens with one attached hydrogen (secondary N) is 2. The summed E-state index contributed by atoms with van der Waals surface area (Å²) in [6.07, 6.45) is 4.25. The first kappa shape index (κ1) is 17.1. The summed E-state index contributed by atoms with van der Waals surface area (Å²) in [7, 11) is 0. The zero-order valence-corrected chi connectivity index (χ0v) is 15.2. The van der Waals surface area contributed by atoms with E-state index in [1.807, 2.05) is 30.3 Å². The molecule has 7 heteroatoms. The molecule has 4 rings (SSSR count). The number of rotatable bonds is 5. The molecule has 0 bridgehead atoms. The van der Waals surface area contributed by atoms with Crippen molar-refractivity contribution in [1.82, 2.24) is 30.4 Å². The smallest absolute Gasteiger partial charge is 0.116 e. The second-order valence-corrected chi connectivity index (χ2v) is 6.81. The van der Waals surface area contributed by atoms with Gasteiger partial charge in [-0.3, -0.25) is 5.10 Å². The minimum Gasteiger partial charge on any atom is -0.314 e. The molecule has 2 aromatic heterocycles. The van der Waals surface area contributed by atoms with Gasteiger partial charge < -0.3 is 10.2 Å². The molecule has 1 aliphatic rings. The summed E-state index contributed by atoms with van der Waals surface area (Å²) in [6.45, 7) is 5.28. The third-order valence-electron chi connectivity index (χ3n) is 4.68. The van der Waals surface area contributed by atoms with E-state index in [2.05, 4.69) is 30.4 Å². The van der Waals surface area contributed by atoms with E-state index in [1.165, 1.54) is 0 Å². The maximum absolute atomic E-state index is 6.04. The Hall–Kier alpha value is -2.28. The monoisotopic (exact) mass is 368 g/mol. The Kier molecular flexibility index (Phi) is 5.24. The number of nitrogens with zero attached hydrogens (tertiary/aromatic N) is 4. The van der Waals surface area contributed by atoms with Gasteiger partial charge >= 0.3 is 0 Å². The minimum atomic E-state index is 0.715. The van der Waals surface area contributed by atoms with Gasteiger partial charge in [0.25, 0.3) is 0 Å². The molecule has 2 N–H and O–H groups in total. The van der Waals surface area contributed by atoms with Crippen LogP contribution in [0.5, 0.6) is 0 Å². The third kappa shape index (κ3) is 3.77. The van der Waals surface area contributed by atoms with Gasteiger partial charge in [0.2, 0.25) is 0 Å². The van der Waals surface area contributed by atoms with Gasteiger partial charge in [0.15, 0.2) is 0 Å². The van der Waals surface area contributed by atoms with Crippen LogP contribution in [0.15, 0.2) is 42.9 Å². The van der Waals surface area contributed by atoms with Crippen LogP contribution in [0.4, 0.5) is 0 Å². The van der Waals surface area contributed by atoms with E-state index in [0.29, 0.717) is 5.02 Å². The van der Waals surface area contributed by atoms with Crippen LogP contribution in [0.1, 0.15) is 5.69 Å². The predicted octanol–water partition coefficient (Wildman–Crippen LogP) is 2.63. The van der Waals surface area contributed by atoms with Crippen LogP contribution >= 0.6 is 11.6 Å². The van der Waals surface area contributed by atoms with E-state index < -0.39 is 0 Å². The summed E-state index contributed by atoms with van der Waals surface area (Å²) < 4.78 is 0. The number of H-pyrrole nitrogens is 1. The molecule has 0 atom stereocenters. The van der Waals surface area contributed by atoms with Crippen molar-refractivity contribution < 1.29 is 0 Å². The average Bonchev–Trinajstić information content (AvgIpc) is 3.12. The van der Waals surface area contributed by atoms with Crippen molar-refractivity contribution in [2.24, 2.45) is 0 Å². The molecule has 3 heterocycles. The van der Waals surface area contributed by atoms with Crippen LogP contribution in [0.2, 0.25) is 5.02 Å². The highest BCUT2D eigenvalue weighted by Crippen LogP contribution is 2.32. The fourth-order valence-corrected chi connectivity index (χ4v) is 3.42. The highest BCUT2D eigenvalue weighted by molar-refractivity contribution is 6.30. The standard InChI is InChI=1S/C19H21ClN6/c20-15-3-1-14(2-4-15)19-18(16-5-7-22-13-23-16)17(24-25-19)6-10-26-11-8-21-9-12-26/h1-5,7,13,21H,6,8-12H2,(H,24,25). The number of hydrogen-bond donors (Lipinski definition) is 2. The van der Waals surface area contributed by atoms with E-state index in [9.17, 15) is 0 Å². The number of aromatic nitrogens is 4. The highest BCUT2D eigenvalue weighted by atomic mass is 35.5. The van der Waals surface area contributed by atoms with Crippen LogP contribution < -0.4 is 5.32 Å². The maximum Gasteiger partial charge on any atom is 0.116 e. The van der Waals surface area contributed by atoms with Gasteiger partial charge in [-0.25, -0.2) is 9.97 Å². The lowest BCUT2D eigenvalue weighted by atomic mass is 10.0. The molecule has 134 valence electrons. The molecule has 6 nitrogen and oxygen atoms in total. The van der Waals surface area contributed by atoms with Crippen LogP contribution in [0, 0.1) is 0 Å². The van der Waals surface area contributed by atoms with Crippen LogP contribution in [-0.4, -0.2) is 57.8 Å². The molecule has 0 amide bonds. The summed E-state index contributed by atoms with van der Waals surface area (Å²) in [5, 5.41) is 11.9. The minimum absolute atomic E-state index is 0.715. The molecule has 0 radical (unpaired) electrons. The highest BCUT2D eigenvalue weighted by Gasteiger charge is 2.19. The molecule has 0 unspecified atom stereocenters. The van der Waals surface area contributed by atoms with Crippen LogP contribution in [-0.2, 0) is 6.42 Å². The normalized spacial score (nSPS) is 15.3. The van der Waals surface area contributed by atoms with Gasteiger partial charge in [-0.15, -0.1) is 0 Å². The van der Waals surface area contributed by atoms with Gasteiger partial charge in [0.1, 0.15) is 12.0 Å². The summed E-state index contributed by atoms with van der Waals surface area (Å²) in [5.74, 6) is 0. The summed E-state index contributed by atoms with van der Waals surface area (Å²) in [4.78, 5) is 11.0. The van der Waals surface area contributed by atoms with Crippen molar-refractivity contribution in [1.29, 1.82) is 0 Å².